The van der Waals surface area contributed by atoms with Gasteiger partial charge in [-0.15, -0.1) is 0 Å². The molecule has 88 valence electrons. The summed E-state index contributed by atoms with van der Waals surface area (Å²) in [7, 11) is -9.54. The number of rotatable bonds is 4. The molecule has 0 heterocycles. The molecule has 0 aromatic carbocycles. The molecule has 15 heavy (non-hydrogen) atoms. The fourth-order valence-electron chi connectivity index (χ4n) is 0.860. The average Bonchev–Trinajstić information content (AvgIpc) is 1.98. The summed E-state index contributed by atoms with van der Waals surface area (Å²) >= 11 is 0. The summed E-state index contributed by atoms with van der Waals surface area (Å²) in [6.45, 7) is 1.12. The van der Waals surface area contributed by atoms with Gasteiger partial charge in [-0.3, -0.25) is 0 Å². The molecule has 0 aromatic rings. The first-order valence-corrected chi connectivity index (χ1v) is 8.04. The molecule has 7 nitrogen and oxygen atoms in total. The van der Waals surface area contributed by atoms with Crippen LogP contribution < -0.4 is 0 Å². The van der Waals surface area contributed by atoms with E-state index in [-0.39, 0.29) is 0 Å². The van der Waals surface area contributed by atoms with Crippen molar-refractivity contribution in [2.45, 2.75) is 12.6 Å². The predicted molar refractivity (Wildman–Crippen MR) is 53.4 cm³/mol. The zero-order chi connectivity index (χ0) is 12.3. The van der Waals surface area contributed by atoms with Crippen molar-refractivity contribution in [1.29, 1.82) is 0 Å². The minimum atomic E-state index is -4.48. The first kappa shape index (κ1) is 15.3. The Morgan fingerprint density at radius 1 is 1.27 bits per heavy atom. The SMILES string of the molecule is CC(C(C#P=O)CP(=O)(O)O)P(=O)(O)O. The van der Waals surface area contributed by atoms with Crippen LogP contribution in [-0.2, 0) is 13.7 Å². The van der Waals surface area contributed by atoms with Crippen LogP contribution in [0.15, 0.2) is 0 Å². The molecule has 4 N–H and O–H groups in total. The molecule has 0 aliphatic carbocycles. The molecule has 0 fully saturated rings. The Morgan fingerprint density at radius 3 is 2.00 bits per heavy atom. The Kier molecular flexibility index (Phi) is 5.70. The normalized spacial score (nSPS) is 16.6. The van der Waals surface area contributed by atoms with Gasteiger partial charge < -0.3 is 0 Å². The van der Waals surface area contributed by atoms with Crippen LogP contribution in [0.4, 0.5) is 0 Å². The van der Waals surface area contributed by atoms with E-state index in [1.807, 2.05) is 0 Å². The van der Waals surface area contributed by atoms with Crippen molar-refractivity contribution in [2.24, 2.45) is 5.92 Å². The zero-order valence-corrected chi connectivity index (χ0v) is 10.4. The summed E-state index contributed by atoms with van der Waals surface area (Å²) in [6, 6.07) is 0. The summed E-state index contributed by atoms with van der Waals surface area (Å²) in [6.07, 6.45) is -0.783. The maximum atomic E-state index is 10.8. The summed E-state index contributed by atoms with van der Waals surface area (Å²) in [4.78, 5) is 34.9. The molecule has 0 aromatic heterocycles. The van der Waals surface area contributed by atoms with Crippen molar-refractivity contribution < 1.29 is 33.3 Å². The van der Waals surface area contributed by atoms with E-state index in [0.29, 0.717) is 0 Å². The van der Waals surface area contributed by atoms with Crippen LogP contribution >= 0.6 is 23.1 Å². The van der Waals surface area contributed by atoms with E-state index < -0.39 is 40.8 Å². The molecular formula is C5H11O7P3. The number of hydrogen-bond acceptors (Lipinski definition) is 3. The topological polar surface area (TPSA) is 132 Å². The van der Waals surface area contributed by atoms with Gasteiger partial charge in [0.05, 0.1) is 0 Å². The molecule has 2 atom stereocenters. The molecule has 0 rings (SSSR count). The Morgan fingerprint density at radius 2 is 1.73 bits per heavy atom. The first-order chi connectivity index (χ1) is 6.58. The van der Waals surface area contributed by atoms with Crippen LogP contribution in [0.5, 0.6) is 0 Å². The maximum absolute atomic E-state index is 10.8. The number of hydrogen-bond donors (Lipinski definition) is 4. The Hall–Kier alpha value is 0.310. The molecule has 0 amide bonds. The van der Waals surface area contributed by atoms with Crippen LogP contribution in [0.1, 0.15) is 6.92 Å². The predicted octanol–water partition coefficient (Wildman–Crippen LogP) is 0.597. The molecule has 10 heteroatoms. The first-order valence-electron chi connectivity index (χ1n) is 3.75. The van der Waals surface area contributed by atoms with Gasteiger partial charge in [-0.1, -0.05) is 0 Å². The van der Waals surface area contributed by atoms with Crippen molar-refractivity contribution >= 4 is 23.1 Å². The molecule has 0 aliphatic heterocycles. The third-order valence-corrected chi connectivity index (χ3v) is 4.49. The quantitative estimate of drug-likeness (QED) is 0.552. The van der Waals surface area contributed by atoms with Gasteiger partial charge in [-0.25, -0.2) is 0 Å². The fourth-order valence-corrected chi connectivity index (χ4v) is 3.31. The monoisotopic (exact) mass is 276 g/mol. The Labute approximate surface area is 87.3 Å². The Balaban J connectivity index is 4.98. The standard InChI is InChI=1S/C5H11O7P3/c1-4(15(10,11)12)5(2-13-6)3-14(7,8)9/h4-5H,3H2,1H3,(H2,7,8,9)(H2,10,11,12). The molecule has 2 unspecified atom stereocenters. The van der Waals surface area contributed by atoms with Crippen LogP contribution in [0.3, 0.4) is 0 Å². The van der Waals surface area contributed by atoms with Crippen LogP contribution in [0.25, 0.3) is 0 Å². The van der Waals surface area contributed by atoms with E-state index in [2.05, 4.69) is 5.63 Å². The van der Waals surface area contributed by atoms with E-state index in [1.54, 1.807) is 0 Å². The van der Waals surface area contributed by atoms with Crippen molar-refractivity contribution in [3.8, 4) is 5.63 Å². The van der Waals surface area contributed by atoms with Crippen molar-refractivity contribution in [3.05, 3.63) is 0 Å². The van der Waals surface area contributed by atoms with Gasteiger partial charge in [0, 0.05) is 0 Å². The summed E-state index contributed by atoms with van der Waals surface area (Å²) in [5, 5.41) is 0. The average molecular weight is 276 g/mol. The van der Waals surface area contributed by atoms with Gasteiger partial charge in [0.1, 0.15) is 0 Å². The molecule has 0 aliphatic rings. The summed E-state index contributed by atoms with van der Waals surface area (Å²) < 4.78 is 31.7. The van der Waals surface area contributed by atoms with Crippen molar-refractivity contribution in [2.75, 3.05) is 6.16 Å². The molecule has 0 bridgehead atoms. The second kappa shape index (κ2) is 5.58. The summed E-state index contributed by atoms with van der Waals surface area (Å²) in [5.41, 5.74) is 0.750. The van der Waals surface area contributed by atoms with Gasteiger partial charge in [0.25, 0.3) is 0 Å². The van der Waals surface area contributed by atoms with Gasteiger partial charge >= 0.3 is 86.7 Å². The van der Waals surface area contributed by atoms with Gasteiger partial charge in [-0.2, -0.15) is 0 Å². The minimum absolute atomic E-state index is 0.641. The van der Waals surface area contributed by atoms with E-state index in [1.165, 1.54) is 0 Å². The van der Waals surface area contributed by atoms with Gasteiger partial charge in [-0.05, 0) is 0 Å². The molecule has 0 radical (unpaired) electrons. The van der Waals surface area contributed by atoms with E-state index in [0.717, 1.165) is 6.92 Å². The third-order valence-electron chi connectivity index (χ3n) is 1.77. The second-order valence-corrected chi connectivity index (χ2v) is 7.13. The second-order valence-electron chi connectivity index (χ2n) is 3.00. The zero-order valence-electron chi connectivity index (χ0n) is 7.72. The van der Waals surface area contributed by atoms with Crippen LogP contribution in [-0.4, -0.2) is 31.4 Å². The Bertz CT molecular complexity index is 399. The fraction of sp³-hybridized carbons (Fsp3) is 0.800. The molecule has 0 saturated carbocycles. The third kappa shape index (κ3) is 6.47. The van der Waals surface area contributed by atoms with Gasteiger partial charge in [0.15, 0.2) is 0 Å². The molecular weight excluding hydrogens is 265 g/mol. The van der Waals surface area contributed by atoms with E-state index in [4.69, 9.17) is 19.6 Å². The van der Waals surface area contributed by atoms with Crippen molar-refractivity contribution in [3.63, 3.8) is 0 Å². The van der Waals surface area contributed by atoms with Crippen LogP contribution in [0.2, 0.25) is 0 Å². The molecule has 0 saturated heterocycles. The molecule has 0 spiro atoms. The van der Waals surface area contributed by atoms with E-state index in [9.17, 15) is 13.7 Å². The van der Waals surface area contributed by atoms with Gasteiger partial charge in [0.2, 0.25) is 0 Å². The van der Waals surface area contributed by atoms with Crippen molar-refractivity contribution in [1.82, 2.24) is 0 Å². The summed E-state index contributed by atoms with van der Waals surface area (Å²) in [5.74, 6) is -1.22. The van der Waals surface area contributed by atoms with Crippen LogP contribution in [0, 0.1) is 11.5 Å². The van der Waals surface area contributed by atoms with E-state index >= 15 is 0 Å².